The molecule has 4 rings (SSSR count). The zero-order valence-corrected chi connectivity index (χ0v) is 20.4. The Morgan fingerprint density at radius 3 is 2.31 bits per heavy atom. The molecule has 0 aliphatic carbocycles. The molecule has 0 spiro atoms. The number of benzene rings is 2. The summed E-state index contributed by atoms with van der Waals surface area (Å²) in [4.78, 5) is 15.1. The van der Waals surface area contributed by atoms with E-state index in [0.717, 1.165) is 32.4 Å². The summed E-state index contributed by atoms with van der Waals surface area (Å²) in [6, 6.07) is 15.7. The molecule has 1 aromatic heterocycles. The van der Waals surface area contributed by atoms with Gasteiger partial charge < -0.3 is 4.74 Å². The third kappa shape index (κ3) is 6.49. The minimum absolute atomic E-state index is 0.133. The lowest BCUT2D eigenvalue weighted by Gasteiger charge is -2.32. The Morgan fingerprint density at radius 2 is 1.69 bits per heavy atom. The first-order valence-corrected chi connectivity index (χ1v) is 12.2. The SMILES string of the molecule is Cn1c(CN2CCC(CCCc3ccccc3)CC2)c(Cl)c(=O)n1-c1ccc(OC(F)(F)F)cc1. The molecule has 9 heteroatoms. The standard InChI is InChI=1S/C26H29ClF3N3O2/c1-31-23(18-32-16-14-20(15-17-32)9-5-8-19-6-3-2-4-7-19)24(27)25(34)33(31)21-10-12-22(13-11-21)35-26(28,29)30/h2-4,6-7,10-13,20H,5,8-9,14-18H2,1H3. The van der Waals surface area contributed by atoms with Crippen LogP contribution in [0.1, 0.15) is 36.9 Å². The second kappa shape index (κ2) is 10.9. The molecule has 0 saturated carbocycles. The lowest BCUT2D eigenvalue weighted by molar-refractivity contribution is -0.274. The van der Waals surface area contributed by atoms with Crippen LogP contribution in [-0.2, 0) is 20.0 Å². The van der Waals surface area contributed by atoms with Crippen molar-refractivity contribution in [1.29, 1.82) is 0 Å². The molecule has 1 aliphatic rings. The van der Waals surface area contributed by atoms with Crippen LogP contribution < -0.4 is 10.3 Å². The largest absolute Gasteiger partial charge is 0.573 e. The molecule has 188 valence electrons. The number of aromatic nitrogens is 2. The highest BCUT2D eigenvalue weighted by Gasteiger charge is 2.31. The maximum atomic E-state index is 12.8. The maximum absolute atomic E-state index is 12.8. The van der Waals surface area contributed by atoms with Crippen LogP contribution in [0.5, 0.6) is 5.75 Å². The van der Waals surface area contributed by atoms with E-state index >= 15 is 0 Å². The lowest BCUT2D eigenvalue weighted by atomic mass is 9.90. The first kappa shape index (κ1) is 25.4. The molecule has 2 aromatic carbocycles. The number of piperidine rings is 1. The van der Waals surface area contributed by atoms with E-state index in [-0.39, 0.29) is 10.8 Å². The Bertz CT molecular complexity index is 1170. The average molecular weight is 508 g/mol. The van der Waals surface area contributed by atoms with Crippen molar-refractivity contribution in [1.82, 2.24) is 14.3 Å². The summed E-state index contributed by atoms with van der Waals surface area (Å²) in [5.74, 6) is 0.359. The highest BCUT2D eigenvalue weighted by Crippen LogP contribution is 2.27. The molecule has 3 aromatic rings. The van der Waals surface area contributed by atoms with Crippen molar-refractivity contribution < 1.29 is 17.9 Å². The van der Waals surface area contributed by atoms with E-state index in [1.165, 1.54) is 47.4 Å². The molecule has 5 nitrogen and oxygen atoms in total. The topological polar surface area (TPSA) is 39.4 Å². The Balaban J connectivity index is 1.35. The number of hydrogen-bond acceptors (Lipinski definition) is 3. The lowest BCUT2D eigenvalue weighted by Crippen LogP contribution is -2.34. The van der Waals surface area contributed by atoms with Gasteiger partial charge in [-0.2, -0.15) is 0 Å². The highest BCUT2D eigenvalue weighted by atomic mass is 35.5. The third-order valence-corrected chi connectivity index (χ3v) is 7.02. The fraction of sp³-hybridized carbons (Fsp3) is 0.423. The number of ether oxygens (including phenoxy) is 1. The van der Waals surface area contributed by atoms with Crippen LogP contribution in [0.4, 0.5) is 13.2 Å². The van der Waals surface area contributed by atoms with Gasteiger partial charge in [0.1, 0.15) is 10.8 Å². The Kier molecular flexibility index (Phi) is 7.91. The van der Waals surface area contributed by atoms with E-state index in [1.807, 2.05) is 6.07 Å². The van der Waals surface area contributed by atoms with E-state index in [1.54, 1.807) is 11.7 Å². The van der Waals surface area contributed by atoms with Gasteiger partial charge in [-0.3, -0.25) is 14.4 Å². The second-order valence-electron chi connectivity index (χ2n) is 9.04. The van der Waals surface area contributed by atoms with Crippen LogP contribution in [-0.4, -0.2) is 33.7 Å². The van der Waals surface area contributed by atoms with Crippen molar-refractivity contribution in [2.24, 2.45) is 13.0 Å². The van der Waals surface area contributed by atoms with Gasteiger partial charge in [-0.15, -0.1) is 13.2 Å². The van der Waals surface area contributed by atoms with Crippen LogP contribution in [0.25, 0.3) is 5.69 Å². The fourth-order valence-electron chi connectivity index (χ4n) is 4.75. The summed E-state index contributed by atoms with van der Waals surface area (Å²) in [5.41, 5.74) is 2.09. The summed E-state index contributed by atoms with van der Waals surface area (Å²) in [5, 5.41) is 0.133. The van der Waals surface area contributed by atoms with Gasteiger partial charge in [0.25, 0.3) is 5.56 Å². The van der Waals surface area contributed by atoms with Gasteiger partial charge in [0.15, 0.2) is 0 Å². The number of rotatable bonds is 8. The number of nitrogens with zero attached hydrogens (tertiary/aromatic N) is 3. The van der Waals surface area contributed by atoms with Crippen LogP contribution in [0, 0.1) is 5.92 Å². The van der Waals surface area contributed by atoms with Crippen molar-refractivity contribution in [3.05, 3.63) is 81.2 Å². The molecule has 1 saturated heterocycles. The molecule has 0 unspecified atom stereocenters. The molecule has 1 aliphatic heterocycles. The monoisotopic (exact) mass is 507 g/mol. The van der Waals surface area contributed by atoms with Gasteiger partial charge in [-0.05, 0) is 74.5 Å². The Hall–Kier alpha value is -2.71. The first-order chi connectivity index (χ1) is 16.7. The number of likely N-dealkylation sites (tertiary alicyclic amines) is 1. The van der Waals surface area contributed by atoms with Crippen molar-refractivity contribution in [2.75, 3.05) is 13.1 Å². The van der Waals surface area contributed by atoms with Crippen molar-refractivity contribution >= 4 is 11.6 Å². The smallest absolute Gasteiger partial charge is 0.406 e. The Labute approximate surface area is 207 Å². The molecule has 0 bridgehead atoms. The van der Waals surface area contributed by atoms with Crippen LogP contribution in [0.2, 0.25) is 5.02 Å². The van der Waals surface area contributed by atoms with Crippen LogP contribution >= 0.6 is 11.6 Å². The molecule has 2 heterocycles. The molecule has 0 radical (unpaired) electrons. The van der Waals surface area contributed by atoms with Crippen molar-refractivity contribution in [2.45, 2.75) is 45.0 Å². The minimum atomic E-state index is -4.77. The molecular weight excluding hydrogens is 479 g/mol. The summed E-state index contributed by atoms with van der Waals surface area (Å²) >= 11 is 6.41. The van der Waals surface area contributed by atoms with Crippen LogP contribution in [0.3, 0.4) is 0 Å². The predicted molar refractivity (Wildman–Crippen MR) is 130 cm³/mol. The van der Waals surface area contributed by atoms with Gasteiger partial charge in [0, 0.05) is 13.6 Å². The maximum Gasteiger partial charge on any atom is 0.573 e. The van der Waals surface area contributed by atoms with Crippen molar-refractivity contribution in [3.8, 4) is 11.4 Å². The average Bonchev–Trinajstić information content (AvgIpc) is 3.03. The number of hydrogen-bond donors (Lipinski definition) is 0. The molecule has 0 amide bonds. The summed E-state index contributed by atoms with van der Waals surface area (Å²) < 4.78 is 44.2. The van der Waals surface area contributed by atoms with Gasteiger partial charge in [-0.1, -0.05) is 48.4 Å². The second-order valence-corrected chi connectivity index (χ2v) is 9.42. The fourth-order valence-corrected chi connectivity index (χ4v) is 5.01. The summed E-state index contributed by atoms with van der Waals surface area (Å²) in [6.07, 6.45) is 0.964. The molecule has 35 heavy (non-hydrogen) atoms. The molecule has 0 atom stereocenters. The summed E-state index contributed by atoms with van der Waals surface area (Å²) in [6.45, 7) is 2.42. The van der Waals surface area contributed by atoms with Crippen LogP contribution in [0.15, 0.2) is 59.4 Å². The van der Waals surface area contributed by atoms with E-state index in [2.05, 4.69) is 33.9 Å². The third-order valence-electron chi connectivity index (χ3n) is 6.64. The zero-order valence-electron chi connectivity index (χ0n) is 19.6. The molecular formula is C26H29ClF3N3O2. The van der Waals surface area contributed by atoms with Gasteiger partial charge in [-0.25, -0.2) is 4.68 Å². The Morgan fingerprint density at radius 1 is 1.03 bits per heavy atom. The molecule has 0 N–H and O–H groups in total. The summed E-state index contributed by atoms with van der Waals surface area (Å²) in [7, 11) is 1.74. The van der Waals surface area contributed by atoms with Gasteiger partial charge in [0.05, 0.1) is 11.4 Å². The number of alkyl halides is 3. The highest BCUT2D eigenvalue weighted by molar-refractivity contribution is 6.31. The predicted octanol–water partition coefficient (Wildman–Crippen LogP) is 5.96. The quantitative estimate of drug-likeness (QED) is 0.377. The number of aryl methyl sites for hydroxylation is 1. The van der Waals surface area contributed by atoms with Crippen molar-refractivity contribution in [3.63, 3.8) is 0 Å². The van der Waals surface area contributed by atoms with Gasteiger partial charge >= 0.3 is 6.36 Å². The first-order valence-electron chi connectivity index (χ1n) is 11.8. The van der Waals surface area contributed by atoms with E-state index in [4.69, 9.17) is 11.6 Å². The number of halogens is 4. The van der Waals surface area contributed by atoms with E-state index in [0.29, 0.717) is 23.8 Å². The zero-order chi connectivity index (χ0) is 25.0. The minimum Gasteiger partial charge on any atom is -0.406 e. The van der Waals surface area contributed by atoms with E-state index < -0.39 is 11.9 Å². The normalized spacial score (nSPS) is 15.5. The van der Waals surface area contributed by atoms with Gasteiger partial charge in [0.2, 0.25) is 0 Å². The van der Waals surface area contributed by atoms with E-state index in [9.17, 15) is 18.0 Å². The molecule has 1 fully saturated rings.